The molecule has 0 radical (unpaired) electrons. The van der Waals surface area contributed by atoms with Crippen LogP contribution in [0.3, 0.4) is 0 Å². The average Bonchev–Trinajstić information content (AvgIpc) is 2.78. The highest BCUT2D eigenvalue weighted by atomic mass is 32.1. The van der Waals surface area contributed by atoms with E-state index >= 15 is 0 Å². The molecule has 5 heteroatoms. The topological polar surface area (TPSA) is 49.8 Å². The van der Waals surface area contributed by atoms with Gasteiger partial charge in [0, 0.05) is 24.6 Å². The lowest BCUT2D eigenvalue weighted by Gasteiger charge is -2.26. The first-order valence-corrected chi connectivity index (χ1v) is 7.05. The van der Waals surface area contributed by atoms with Crippen LogP contribution >= 0.6 is 11.3 Å². The summed E-state index contributed by atoms with van der Waals surface area (Å²) in [7, 11) is 2.08. The normalized spacial score (nSPS) is 20.2. The number of hydrogen-bond donors (Lipinski definition) is 1. The van der Waals surface area contributed by atoms with Crippen molar-refractivity contribution in [3.05, 3.63) is 21.9 Å². The maximum Gasteiger partial charge on any atom is 0.345 e. The zero-order chi connectivity index (χ0) is 13.0. The Labute approximate surface area is 111 Å². The summed E-state index contributed by atoms with van der Waals surface area (Å²) in [6.45, 7) is 3.58. The molecule has 1 atom stereocenters. The quantitative estimate of drug-likeness (QED) is 0.891. The summed E-state index contributed by atoms with van der Waals surface area (Å²) in [6.07, 6.45) is 2.38. The molecule has 0 spiro atoms. The Hall–Kier alpha value is -0.910. The van der Waals surface area contributed by atoms with E-state index in [4.69, 9.17) is 9.84 Å². The van der Waals surface area contributed by atoms with E-state index in [1.807, 2.05) is 6.07 Å². The number of hydrogen-bond acceptors (Lipinski definition) is 4. The third-order valence-corrected chi connectivity index (χ3v) is 4.18. The molecule has 4 nitrogen and oxygen atoms in total. The first-order chi connectivity index (χ1) is 8.65. The summed E-state index contributed by atoms with van der Waals surface area (Å²) in [6, 6.07) is 3.59. The van der Waals surface area contributed by atoms with E-state index in [1.54, 1.807) is 6.07 Å². The lowest BCUT2D eigenvalue weighted by Crippen LogP contribution is -2.30. The predicted molar refractivity (Wildman–Crippen MR) is 71.2 cm³/mol. The molecule has 0 aliphatic carbocycles. The van der Waals surface area contributed by atoms with Gasteiger partial charge in [-0.3, -0.25) is 0 Å². The minimum Gasteiger partial charge on any atom is -0.477 e. The Morgan fingerprint density at radius 2 is 2.44 bits per heavy atom. The minimum absolute atomic E-state index is 0.416. The van der Waals surface area contributed by atoms with E-state index in [0.29, 0.717) is 10.8 Å². The summed E-state index contributed by atoms with van der Waals surface area (Å²) >= 11 is 1.36. The monoisotopic (exact) mass is 269 g/mol. The molecule has 0 amide bonds. The molecule has 100 valence electrons. The van der Waals surface area contributed by atoms with Crippen molar-refractivity contribution in [2.45, 2.75) is 19.4 Å². The minimum atomic E-state index is -0.838. The zero-order valence-corrected chi connectivity index (χ0v) is 11.4. The molecule has 2 rings (SSSR count). The first kappa shape index (κ1) is 13.5. The summed E-state index contributed by atoms with van der Waals surface area (Å²) in [5.41, 5.74) is 0. The van der Waals surface area contributed by atoms with Crippen LogP contribution in [-0.4, -0.2) is 42.8 Å². The fourth-order valence-corrected chi connectivity index (χ4v) is 3.23. The van der Waals surface area contributed by atoms with Gasteiger partial charge in [0.25, 0.3) is 0 Å². The van der Waals surface area contributed by atoms with E-state index in [0.717, 1.165) is 37.6 Å². The SMILES string of the molecule is CN(Cc1ccc(C(=O)O)s1)CC1CCCOC1. The van der Waals surface area contributed by atoms with Gasteiger partial charge in [-0.25, -0.2) is 4.79 Å². The molecule has 1 aromatic rings. The second kappa shape index (κ2) is 6.31. The van der Waals surface area contributed by atoms with Crippen molar-refractivity contribution in [1.29, 1.82) is 0 Å². The zero-order valence-electron chi connectivity index (χ0n) is 10.6. The molecule has 1 aliphatic heterocycles. The van der Waals surface area contributed by atoms with Gasteiger partial charge in [-0.15, -0.1) is 11.3 Å². The summed E-state index contributed by atoms with van der Waals surface area (Å²) in [5, 5.41) is 8.87. The van der Waals surface area contributed by atoms with Crippen LogP contribution < -0.4 is 0 Å². The van der Waals surface area contributed by atoms with E-state index in [-0.39, 0.29) is 0 Å². The van der Waals surface area contributed by atoms with Crippen LogP contribution in [-0.2, 0) is 11.3 Å². The fraction of sp³-hybridized carbons (Fsp3) is 0.615. The summed E-state index contributed by atoms with van der Waals surface area (Å²) in [5.74, 6) is -0.225. The van der Waals surface area contributed by atoms with Crippen LogP contribution in [0, 0.1) is 5.92 Å². The molecule has 1 aromatic heterocycles. The number of carboxylic acids is 1. The van der Waals surface area contributed by atoms with E-state index in [2.05, 4.69) is 11.9 Å². The highest BCUT2D eigenvalue weighted by Crippen LogP contribution is 2.20. The van der Waals surface area contributed by atoms with Gasteiger partial charge in [0.2, 0.25) is 0 Å². The summed E-state index contributed by atoms with van der Waals surface area (Å²) in [4.78, 5) is 14.6. The Kier molecular flexibility index (Phi) is 4.74. The summed E-state index contributed by atoms with van der Waals surface area (Å²) < 4.78 is 5.47. The van der Waals surface area contributed by atoms with Gasteiger partial charge in [0.1, 0.15) is 4.88 Å². The van der Waals surface area contributed by atoms with Gasteiger partial charge < -0.3 is 14.7 Å². The van der Waals surface area contributed by atoms with Crippen LogP contribution in [0.5, 0.6) is 0 Å². The first-order valence-electron chi connectivity index (χ1n) is 6.23. The molecule has 1 unspecified atom stereocenters. The molecule has 0 saturated carbocycles. The molecule has 18 heavy (non-hydrogen) atoms. The Bertz CT molecular complexity index is 399. The standard InChI is InChI=1S/C13H19NO3S/c1-14(7-10-3-2-6-17-9-10)8-11-4-5-12(18-11)13(15)16/h4-5,10H,2-3,6-9H2,1H3,(H,15,16). The predicted octanol–water partition coefficient (Wildman–Crippen LogP) is 2.30. The van der Waals surface area contributed by atoms with Crippen molar-refractivity contribution in [1.82, 2.24) is 4.90 Å². The number of ether oxygens (including phenoxy) is 1. The van der Waals surface area contributed by atoms with Crippen LogP contribution in [0.4, 0.5) is 0 Å². The van der Waals surface area contributed by atoms with Gasteiger partial charge in [0.15, 0.2) is 0 Å². The van der Waals surface area contributed by atoms with Crippen molar-refractivity contribution in [2.75, 3.05) is 26.8 Å². The molecule has 1 aliphatic rings. The molecular formula is C13H19NO3S. The van der Waals surface area contributed by atoms with Crippen LogP contribution in [0.25, 0.3) is 0 Å². The second-order valence-corrected chi connectivity index (χ2v) is 6.02. The third-order valence-electron chi connectivity index (χ3n) is 3.12. The number of carboxylic acid groups (broad SMARTS) is 1. The van der Waals surface area contributed by atoms with E-state index < -0.39 is 5.97 Å². The van der Waals surface area contributed by atoms with Crippen LogP contribution in [0.15, 0.2) is 12.1 Å². The number of nitrogens with zero attached hydrogens (tertiary/aromatic N) is 1. The molecule has 0 bridgehead atoms. The largest absolute Gasteiger partial charge is 0.477 e. The third kappa shape index (κ3) is 3.80. The van der Waals surface area contributed by atoms with Gasteiger partial charge in [-0.05, 0) is 37.9 Å². The van der Waals surface area contributed by atoms with Gasteiger partial charge >= 0.3 is 5.97 Å². The fourth-order valence-electron chi connectivity index (χ4n) is 2.30. The highest BCUT2D eigenvalue weighted by Gasteiger charge is 2.16. The molecule has 1 fully saturated rings. The molecule has 0 aromatic carbocycles. The van der Waals surface area contributed by atoms with Crippen molar-refractivity contribution in [3.8, 4) is 0 Å². The molecular weight excluding hydrogens is 250 g/mol. The van der Waals surface area contributed by atoms with Crippen molar-refractivity contribution in [2.24, 2.45) is 5.92 Å². The molecule has 1 N–H and O–H groups in total. The molecule has 2 heterocycles. The Morgan fingerprint density at radius 1 is 1.61 bits per heavy atom. The number of rotatable bonds is 5. The number of thiophene rings is 1. The second-order valence-electron chi connectivity index (χ2n) is 4.85. The maximum atomic E-state index is 10.8. The van der Waals surface area contributed by atoms with Crippen molar-refractivity contribution < 1.29 is 14.6 Å². The van der Waals surface area contributed by atoms with Crippen LogP contribution in [0.2, 0.25) is 0 Å². The average molecular weight is 269 g/mol. The van der Waals surface area contributed by atoms with Gasteiger partial charge in [0.05, 0.1) is 6.61 Å². The van der Waals surface area contributed by atoms with Crippen molar-refractivity contribution in [3.63, 3.8) is 0 Å². The lowest BCUT2D eigenvalue weighted by atomic mass is 10.0. The lowest BCUT2D eigenvalue weighted by molar-refractivity contribution is 0.0413. The van der Waals surface area contributed by atoms with E-state index in [1.165, 1.54) is 17.8 Å². The van der Waals surface area contributed by atoms with Crippen molar-refractivity contribution >= 4 is 17.3 Å². The Balaban J connectivity index is 1.82. The Morgan fingerprint density at radius 3 is 3.06 bits per heavy atom. The number of aromatic carboxylic acids is 1. The van der Waals surface area contributed by atoms with Crippen LogP contribution in [0.1, 0.15) is 27.4 Å². The van der Waals surface area contributed by atoms with Gasteiger partial charge in [-0.1, -0.05) is 0 Å². The molecule has 1 saturated heterocycles. The van der Waals surface area contributed by atoms with E-state index in [9.17, 15) is 4.79 Å². The van der Waals surface area contributed by atoms with Gasteiger partial charge in [-0.2, -0.15) is 0 Å². The highest BCUT2D eigenvalue weighted by molar-refractivity contribution is 7.13. The number of carbonyl (C=O) groups is 1. The maximum absolute atomic E-state index is 10.8. The smallest absolute Gasteiger partial charge is 0.345 e.